The predicted octanol–water partition coefficient (Wildman–Crippen LogP) is 1.53. The molecule has 0 heterocycles. The number of nitrogens with one attached hydrogen (secondary N) is 1. The summed E-state index contributed by atoms with van der Waals surface area (Å²) in [5, 5.41) is 1.17. The molecule has 17 heavy (non-hydrogen) atoms. The number of likely N-dealkylation sites (N-methyl/N-ethyl adjacent to an activating group) is 1. The first-order chi connectivity index (χ1) is 8.09. The average molecular weight is 279 g/mol. The maximum Gasteiger partial charge on any atom is 0.139 e. The summed E-state index contributed by atoms with van der Waals surface area (Å²) < 4.78 is 10.9. The molecule has 0 amide bonds. The fourth-order valence-corrected chi connectivity index (χ4v) is 1.51. The van der Waals surface area contributed by atoms with E-state index in [1.54, 1.807) is 18.2 Å². The van der Waals surface area contributed by atoms with Crippen molar-refractivity contribution in [1.29, 1.82) is 0 Å². The highest BCUT2D eigenvalue weighted by atomic mass is 35.5. The first kappa shape index (κ1) is 14.6. The van der Waals surface area contributed by atoms with E-state index in [2.05, 4.69) is 14.1 Å². The van der Waals surface area contributed by atoms with Gasteiger partial charge in [-0.15, -0.1) is 0 Å². The van der Waals surface area contributed by atoms with Gasteiger partial charge in [-0.25, -0.2) is 0 Å². The van der Waals surface area contributed by atoms with Crippen molar-refractivity contribution in [3.8, 4) is 5.75 Å². The van der Waals surface area contributed by atoms with E-state index in [0.29, 0.717) is 29.0 Å². The summed E-state index contributed by atoms with van der Waals surface area (Å²) >= 11 is 11.8. The minimum absolute atomic E-state index is 0.475. The molecule has 5 heteroatoms. The molecule has 0 saturated carbocycles. The number of halogens is 2. The van der Waals surface area contributed by atoms with E-state index >= 15 is 0 Å². The summed E-state index contributed by atoms with van der Waals surface area (Å²) in [5.41, 5.74) is 0. The highest BCUT2D eigenvalue weighted by Gasteiger charge is 2.02. The first-order valence-electron chi connectivity index (χ1n) is 5.54. The molecular formula is C12H18Cl2NO2+. The van der Waals surface area contributed by atoms with Gasteiger partial charge in [-0.05, 0) is 12.1 Å². The molecule has 0 bridgehead atoms. The van der Waals surface area contributed by atoms with Crippen molar-refractivity contribution in [1.82, 2.24) is 0 Å². The van der Waals surface area contributed by atoms with Crippen molar-refractivity contribution in [2.45, 2.75) is 0 Å². The summed E-state index contributed by atoms with van der Waals surface area (Å²) in [6.07, 6.45) is 0. The Morgan fingerprint density at radius 2 is 1.88 bits per heavy atom. The van der Waals surface area contributed by atoms with Gasteiger partial charge >= 0.3 is 0 Å². The second-order valence-electron chi connectivity index (χ2n) is 3.99. The quantitative estimate of drug-likeness (QED) is 0.765. The van der Waals surface area contributed by atoms with Gasteiger partial charge in [-0.1, -0.05) is 23.2 Å². The summed E-state index contributed by atoms with van der Waals surface area (Å²) in [5.74, 6) is 0.598. The third-order valence-corrected chi connectivity index (χ3v) is 2.67. The highest BCUT2D eigenvalue weighted by Crippen LogP contribution is 2.27. The third kappa shape index (κ3) is 6.13. The molecule has 0 aliphatic carbocycles. The van der Waals surface area contributed by atoms with Crippen molar-refractivity contribution >= 4 is 23.2 Å². The zero-order valence-corrected chi connectivity index (χ0v) is 11.6. The largest absolute Gasteiger partial charge is 0.490 e. The van der Waals surface area contributed by atoms with Crippen molar-refractivity contribution in [2.75, 3.05) is 40.5 Å². The van der Waals surface area contributed by atoms with E-state index < -0.39 is 0 Å². The minimum atomic E-state index is 0.475. The lowest BCUT2D eigenvalue weighted by atomic mass is 10.3. The van der Waals surface area contributed by atoms with E-state index in [-0.39, 0.29) is 0 Å². The molecule has 0 atom stereocenters. The fraction of sp³-hybridized carbons (Fsp3) is 0.500. The van der Waals surface area contributed by atoms with Gasteiger partial charge < -0.3 is 14.4 Å². The maximum absolute atomic E-state index is 5.95. The van der Waals surface area contributed by atoms with E-state index in [4.69, 9.17) is 32.7 Å². The standard InChI is InChI=1S/C12H17Cl2NO2/c1-15(2)5-6-16-7-8-17-12-9-10(13)3-4-11(12)14/h3-4,9H,5-8H2,1-2H3/p+1. The van der Waals surface area contributed by atoms with Crippen LogP contribution < -0.4 is 9.64 Å². The van der Waals surface area contributed by atoms with Crippen LogP contribution in [0.25, 0.3) is 0 Å². The van der Waals surface area contributed by atoms with Crippen LogP contribution in [-0.4, -0.2) is 40.5 Å². The summed E-state index contributed by atoms with van der Waals surface area (Å²) in [6, 6.07) is 5.15. The Morgan fingerprint density at radius 1 is 1.12 bits per heavy atom. The number of hydrogen-bond donors (Lipinski definition) is 1. The molecule has 1 rings (SSSR count). The van der Waals surface area contributed by atoms with Gasteiger partial charge in [0.2, 0.25) is 0 Å². The van der Waals surface area contributed by atoms with Crippen LogP contribution in [0, 0.1) is 0 Å². The number of hydrogen-bond acceptors (Lipinski definition) is 2. The number of quaternary nitrogens is 1. The third-order valence-electron chi connectivity index (χ3n) is 2.12. The van der Waals surface area contributed by atoms with E-state index in [9.17, 15) is 0 Å². The van der Waals surface area contributed by atoms with E-state index in [1.807, 2.05) is 0 Å². The van der Waals surface area contributed by atoms with Crippen LogP contribution in [0.1, 0.15) is 0 Å². The Bertz CT molecular complexity index is 345. The average Bonchev–Trinajstić information content (AvgIpc) is 2.27. The van der Waals surface area contributed by atoms with Crippen LogP contribution in [-0.2, 0) is 4.74 Å². The van der Waals surface area contributed by atoms with Gasteiger partial charge in [-0.3, -0.25) is 0 Å². The number of ether oxygens (including phenoxy) is 2. The van der Waals surface area contributed by atoms with Crippen LogP contribution in [0.3, 0.4) is 0 Å². The zero-order chi connectivity index (χ0) is 12.7. The van der Waals surface area contributed by atoms with Gasteiger partial charge in [0.25, 0.3) is 0 Å². The van der Waals surface area contributed by atoms with Gasteiger partial charge in [0.05, 0.1) is 32.3 Å². The van der Waals surface area contributed by atoms with Crippen LogP contribution in [0.15, 0.2) is 18.2 Å². The molecule has 3 nitrogen and oxygen atoms in total. The summed E-state index contributed by atoms with van der Waals surface area (Å²) in [6.45, 7) is 2.74. The second kappa shape index (κ2) is 7.77. The van der Waals surface area contributed by atoms with Crippen molar-refractivity contribution in [3.05, 3.63) is 28.2 Å². The Hall–Kier alpha value is -0.480. The molecule has 0 fully saturated rings. The van der Waals surface area contributed by atoms with Crippen molar-refractivity contribution in [2.24, 2.45) is 0 Å². The molecule has 0 aliphatic rings. The molecule has 1 aromatic rings. The molecule has 1 aromatic carbocycles. The van der Waals surface area contributed by atoms with E-state index in [0.717, 1.165) is 13.2 Å². The molecule has 96 valence electrons. The summed E-state index contributed by atoms with van der Waals surface area (Å²) in [7, 11) is 4.18. The SMILES string of the molecule is C[NH+](C)CCOCCOc1cc(Cl)ccc1Cl. The monoisotopic (exact) mass is 278 g/mol. The smallest absolute Gasteiger partial charge is 0.139 e. The molecule has 1 N–H and O–H groups in total. The second-order valence-corrected chi connectivity index (χ2v) is 4.84. The molecule has 0 aliphatic heterocycles. The van der Waals surface area contributed by atoms with Gasteiger partial charge in [0.1, 0.15) is 18.9 Å². The topological polar surface area (TPSA) is 22.9 Å². The van der Waals surface area contributed by atoms with Crippen LogP contribution in [0.4, 0.5) is 0 Å². The molecule has 0 radical (unpaired) electrons. The fourth-order valence-electron chi connectivity index (χ4n) is 1.18. The molecule has 0 unspecified atom stereocenters. The number of rotatable bonds is 7. The maximum atomic E-state index is 5.95. The van der Waals surface area contributed by atoms with Crippen LogP contribution in [0.2, 0.25) is 10.0 Å². The lowest BCUT2D eigenvalue weighted by molar-refractivity contribution is -0.858. The molecule has 0 saturated heterocycles. The Morgan fingerprint density at radius 3 is 2.59 bits per heavy atom. The van der Waals surface area contributed by atoms with Gasteiger partial charge in [-0.2, -0.15) is 0 Å². The van der Waals surface area contributed by atoms with Gasteiger partial charge in [0, 0.05) is 11.1 Å². The lowest BCUT2D eigenvalue weighted by Crippen LogP contribution is -3.06. The number of benzene rings is 1. The van der Waals surface area contributed by atoms with Crippen molar-refractivity contribution in [3.63, 3.8) is 0 Å². The van der Waals surface area contributed by atoms with Crippen LogP contribution in [0.5, 0.6) is 5.75 Å². The predicted molar refractivity (Wildman–Crippen MR) is 70.5 cm³/mol. The zero-order valence-electron chi connectivity index (χ0n) is 10.1. The Kier molecular flexibility index (Phi) is 6.66. The van der Waals surface area contributed by atoms with Crippen molar-refractivity contribution < 1.29 is 14.4 Å². The molecule has 0 aromatic heterocycles. The van der Waals surface area contributed by atoms with Gasteiger partial charge in [0.15, 0.2) is 0 Å². The summed E-state index contributed by atoms with van der Waals surface area (Å²) in [4.78, 5) is 1.36. The lowest BCUT2D eigenvalue weighted by Gasteiger charge is -2.10. The normalized spacial score (nSPS) is 10.9. The highest BCUT2D eigenvalue weighted by molar-refractivity contribution is 6.34. The molecule has 0 spiro atoms. The Balaban J connectivity index is 2.20. The van der Waals surface area contributed by atoms with Crippen LogP contribution >= 0.6 is 23.2 Å². The van der Waals surface area contributed by atoms with E-state index in [1.165, 1.54) is 4.90 Å². The molecular weight excluding hydrogens is 261 g/mol. The minimum Gasteiger partial charge on any atom is -0.490 e. The Labute approximate surface area is 112 Å². The first-order valence-corrected chi connectivity index (χ1v) is 6.30.